The summed E-state index contributed by atoms with van der Waals surface area (Å²) < 4.78 is 37.4. The Morgan fingerprint density at radius 2 is 2.00 bits per heavy atom. The van der Waals surface area contributed by atoms with Gasteiger partial charge in [0.05, 0.1) is 10.6 Å². The molecule has 0 aromatic heterocycles. The first kappa shape index (κ1) is 12.9. The lowest BCUT2D eigenvalue weighted by molar-refractivity contribution is -0.137. The topological polar surface area (TPSA) is 26.0 Å². The Balaban J connectivity index is 3.05. The lowest BCUT2D eigenvalue weighted by Crippen LogP contribution is -2.06. The van der Waals surface area contributed by atoms with E-state index in [4.69, 9.17) is 17.3 Å². The average molecular weight is 248 g/mol. The van der Waals surface area contributed by atoms with Gasteiger partial charge in [-0.25, -0.2) is 0 Å². The summed E-state index contributed by atoms with van der Waals surface area (Å²) >= 11 is 5.45. The summed E-state index contributed by atoms with van der Waals surface area (Å²) in [7, 11) is 0. The third kappa shape index (κ3) is 3.44. The van der Waals surface area contributed by atoms with Crippen molar-refractivity contribution in [3.05, 3.63) is 34.3 Å². The highest BCUT2D eigenvalue weighted by atomic mass is 35.5. The smallest absolute Gasteiger partial charge is 0.330 e. The Morgan fingerprint density at radius 1 is 1.31 bits per heavy atom. The van der Waals surface area contributed by atoms with Crippen LogP contribution in [0.15, 0.2) is 18.2 Å². The first-order chi connectivity index (χ1) is 7.45. The molecule has 0 spiro atoms. The number of rotatable bonds is 1. The normalized spacial score (nSPS) is 10.8. The first-order valence-corrected chi connectivity index (χ1v) is 4.88. The van der Waals surface area contributed by atoms with E-state index in [1.165, 1.54) is 12.1 Å². The van der Waals surface area contributed by atoms with E-state index in [1.807, 2.05) is 0 Å². The number of alkyl halides is 3. The number of halogens is 4. The monoisotopic (exact) mass is 247 g/mol. The van der Waals surface area contributed by atoms with Gasteiger partial charge in [0.25, 0.3) is 0 Å². The van der Waals surface area contributed by atoms with Crippen LogP contribution in [-0.2, 0) is 6.18 Å². The third-order valence-electron chi connectivity index (χ3n) is 1.77. The van der Waals surface area contributed by atoms with Gasteiger partial charge in [0.15, 0.2) is 0 Å². The quantitative estimate of drug-likeness (QED) is 0.759. The second kappa shape index (κ2) is 5.24. The van der Waals surface area contributed by atoms with Crippen LogP contribution in [0, 0.1) is 11.8 Å². The molecular weight excluding hydrogens is 239 g/mol. The van der Waals surface area contributed by atoms with Crippen LogP contribution in [0.3, 0.4) is 0 Å². The highest BCUT2D eigenvalue weighted by Gasteiger charge is 2.33. The zero-order valence-corrected chi connectivity index (χ0v) is 8.99. The molecule has 0 aliphatic carbocycles. The van der Waals surface area contributed by atoms with E-state index in [0.29, 0.717) is 13.0 Å². The zero-order chi connectivity index (χ0) is 12.2. The first-order valence-electron chi connectivity index (χ1n) is 4.51. The van der Waals surface area contributed by atoms with Gasteiger partial charge < -0.3 is 5.73 Å². The van der Waals surface area contributed by atoms with Crippen LogP contribution >= 0.6 is 11.6 Å². The number of hydrogen-bond acceptors (Lipinski definition) is 1. The van der Waals surface area contributed by atoms with E-state index in [2.05, 4.69) is 11.8 Å². The Morgan fingerprint density at radius 3 is 2.56 bits per heavy atom. The van der Waals surface area contributed by atoms with Gasteiger partial charge in [-0.2, -0.15) is 13.2 Å². The number of nitrogens with two attached hydrogens (primary N) is 1. The van der Waals surface area contributed by atoms with Crippen LogP contribution in [0.25, 0.3) is 0 Å². The molecule has 0 saturated carbocycles. The van der Waals surface area contributed by atoms with Gasteiger partial charge in [-0.3, -0.25) is 0 Å². The molecule has 0 atom stereocenters. The van der Waals surface area contributed by atoms with E-state index >= 15 is 0 Å². The fourth-order valence-electron chi connectivity index (χ4n) is 1.06. The minimum absolute atomic E-state index is 0.283. The molecule has 1 aromatic carbocycles. The van der Waals surface area contributed by atoms with Gasteiger partial charge in [-0.05, 0) is 18.2 Å². The van der Waals surface area contributed by atoms with E-state index in [1.54, 1.807) is 0 Å². The molecule has 0 amide bonds. The molecule has 1 aromatic rings. The van der Waals surface area contributed by atoms with Crippen molar-refractivity contribution in [1.29, 1.82) is 0 Å². The molecule has 86 valence electrons. The molecular formula is C11H9ClF3N. The third-order valence-corrected chi connectivity index (χ3v) is 2.10. The highest BCUT2D eigenvalue weighted by Crippen LogP contribution is 2.34. The van der Waals surface area contributed by atoms with Gasteiger partial charge in [0.2, 0.25) is 0 Å². The summed E-state index contributed by atoms with van der Waals surface area (Å²) in [6.07, 6.45) is -4.01. The van der Waals surface area contributed by atoms with Crippen LogP contribution in [0.2, 0.25) is 5.02 Å². The lowest BCUT2D eigenvalue weighted by Gasteiger charge is -2.08. The number of benzene rings is 1. The Kier molecular flexibility index (Phi) is 4.22. The largest absolute Gasteiger partial charge is 0.417 e. The molecule has 5 heteroatoms. The summed E-state index contributed by atoms with van der Waals surface area (Å²) in [4.78, 5) is 0. The molecule has 0 saturated heterocycles. The summed E-state index contributed by atoms with van der Waals surface area (Å²) in [5.41, 5.74) is 4.63. The fraction of sp³-hybridized carbons (Fsp3) is 0.273. The van der Waals surface area contributed by atoms with Gasteiger partial charge in [-0.1, -0.05) is 23.4 Å². The lowest BCUT2D eigenvalue weighted by atomic mass is 10.1. The van der Waals surface area contributed by atoms with Crippen molar-refractivity contribution < 1.29 is 13.2 Å². The van der Waals surface area contributed by atoms with Crippen molar-refractivity contribution in [3.8, 4) is 11.8 Å². The molecule has 0 fully saturated rings. The zero-order valence-electron chi connectivity index (χ0n) is 8.24. The summed E-state index contributed by atoms with van der Waals surface area (Å²) in [6.45, 7) is 0.382. The summed E-state index contributed by atoms with van der Waals surface area (Å²) in [5, 5.41) is -0.322. The maximum atomic E-state index is 12.5. The molecule has 16 heavy (non-hydrogen) atoms. The molecule has 2 N–H and O–H groups in total. The predicted octanol–water partition coefficient (Wildman–Crippen LogP) is 3.06. The SMILES string of the molecule is NCCC#Cc1ccc(Cl)c(C(F)(F)F)c1. The second-order valence-electron chi connectivity index (χ2n) is 3.03. The van der Waals surface area contributed by atoms with Crippen molar-refractivity contribution >= 4 is 11.6 Å². The minimum Gasteiger partial charge on any atom is -0.330 e. The van der Waals surface area contributed by atoms with E-state index in [-0.39, 0.29) is 10.6 Å². The van der Waals surface area contributed by atoms with Crippen molar-refractivity contribution in [2.24, 2.45) is 5.73 Å². The van der Waals surface area contributed by atoms with Crippen LogP contribution in [-0.4, -0.2) is 6.54 Å². The van der Waals surface area contributed by atoms with Crippen molar-refractivity contribution in [2.75, 3.05) is 6.54 Å². The molecule has 0 bridgehead atoms. The Hall–Kier alpha value is -1.18. The van der Waals surface area contributed by atoms with Crippen LogP contribution in [0.4, 0.5) is 13.2 Å². The molecule has 1 rings (SSSR count). The second-order valence-corrected chi connectivity index (χ2v) is 3.44. The van der Waals surface area contributed by atoms with E-state index < -0.39 is 11.7 Å². The fourth-order valence-corrected chi connectivity index (χ4v) is 1.28. The molecule has 0 aliphatic rings. The Labute approximate surface area is 96.4 Å². The van der Waals surface area contributed by atoms with Gasteiger partial charge in [0, 0.05) is 18.5 Å². The van der Waals surface area contributed by atoms with Crippen LogP contribution in [0.5, 0.6) is 0 Å². The highest BCUT2D eigenvalue weighted by molar-refractivity contribution is 6.31. The average Bonchev–Trinajstić information content (AvgIpc) is 2.19. The molecule has 0 heterocycles. The van der Waals surface area contributed by atoms with Crippen molar-refractivity contribution in [3.63, 3.8) is 0 Å². The Bertz CT molecular complexity index is 429. The summed E-state index contributed by atoms with van der Waals surface area (Å²) in [5.74, 6) is 5.26. The minimum atomic E-state index is -4.46. The van der Waals surface area contributed by atoms with E-state index in [9.17, 15) is 13.2 Å². The van der Waals surface area contributed by atoms with Crippen LogP contribution < -0.4 is 5.73 Å². The van der Waals surface area contributed by atoms with Crippen molar-refractivity contribution in [1.82, 2.24) is 0 Å². The van der Waals surface area contributed by atoms with Crippen molar-refractivity contribution in [2.45, 2.75) is 12.6 Å². The maximum absolute atomic E-state index is 12.5. The van der Waals surface area contributed by atoms with E-state index in [0.717, 1.165) is 6.07 Å². The van der Waals surface area contributed by atoms with Crippen LogP contribution in [0.1, 0.15) is 17.5 Å². The molecule has 0 radical (unpaired) electrons. The summed E-state index contributed by atoms with van der Waals surface area (Å²) in [6, 6.07) is 3.57. The van der Waals surface area contributed by atoms with Gasteiger partial charge in [-0.15, -0.1) is 0 Å². The van der Waals surface area contributed by atoms with Gasteiger partial charge in [0.1, 0.15) is 0 Å². The molecule has 1 nitrogen and oxygen atoms in total. The molecule has 0 unspecified atom stereocenters. The standard InChI is InChI=1S/C11H9ClF3N/c12-10-5-4-8(3-1-2-6-16)7-9(10)11(13,14)15/h4-5,7H,2,6,16H2. The van der Waals surface area contributed by atoms with Gasteiger partial charge >= 0.3 is 6.18 Å². The predicted molar refractivity (Wildman–Crippen MR) is 57.0 cm³/mol. The maximum Gasteiger partial charge on any atom is 0.417 e. The molecule has 0 aliphatic heterocycles. The number of hydrogen-bond donors (Lipinski definition) is 1.